The largest absolute Gasteiger partial charge is 0.481 e. The van der Waals surface area contributed by atoms with Crippen LogP contribution in [0.4, 0.5) is 11.4 Å². The Balaban J connectivity index is 1.78. The normalized spacial score (nSPS) is 14.1. The molecule has 174 valence electrons. The van der Waals surface area contributed by atoms with E-state index in [-0.39, 0.29) is 12.3 Å². The van der Waals surface area contributed by atoms with Crippen LogP contribution in [0.5, 0.6) is 0 Å². The van der Waals surface area contributed by atoms with Gasteiger partial charge in [0.05, 0.1) is 23.4 Å². The number of aryl methyl sites for hydroxylation is 1. The molecule has 0 saturated carbocycles. The van der Waals surface area contributed by atoms with Gasteiger partial charge in [-0.25, -0.2) is 0 Å². The number of carboxylic acids is 1. The Morgan fingerprint density at radius 3 is 2.59 bits per heavy atom. The van der Waals surface area contributed by atoms with E-state index in [0.717, 1.165) is 23.4 Å². The van der Waals surface area contributed by atoms with Crippen LogP contribution in [0.25, 0.3) is 11.3 Å². The van der Waals surface area contributed by atoms with Crippen molar-refractivity contribution in [3.63, 3.8) is 0 Å². The molecule has 0 atom stereocenters. The molecule has 1 aromatic heterocycles. The molecule has 1 amide bonds. The zero-order valence-corrected chi connectivity index (χ0v) is 19.7. The van der Waals surface area contributed by atoms with Crippen LogP contribution < -0.4 is 10.6 Å². The summed E-state index contributed by atoms with van der Waals surface area (Å²) in [7, 11) is 4.03. The molecule has 34 heavy (non-hydrogen) atoms. The summed E-state index contributed by atoms with van der Waals surface area (Å²) in [5.74, 6) is -1.13. The molecule has 4 rings (SSSR count). The predicted molar refractivity (Wildman–Crippen MR) is 135 cm³/mol. The second-order valence-corrected chi connectivity index (χ2v) is 8.82. The number of fused-ring (bicyclic) bond motifs is 1. The zero-order valence-electron chi connectivity index (χ0n) is 18.9. The molecule has 0 unspecified atom stereocenters. The third-order valence-corrected chi connectivity index (χ3v) is 5.63. The highest BCUT2D eigenvalue weighted by Gasteiger charge is 2.28. The minimum Gasteiger partial charge on any atom is -0.481 e. The van der Waals surface area contributed by atoms with Crippen molar-refractivity contribution in [3.05, 3.63) is 88.2 Å². The Kier molecular flexibility index (Phi) is 6.95. The van der Waals surface area contributed by atoms with Crippen molar-refractivity contribution in [1.82, 2.24) is 9.88 Å². The van der Waals surface area contributed by atoms with Crippen LogP contribution in [0, 0.1) is 0 Å². The van der Waals surface area contributed by atoms with Gasteiger partial charge in [0.25, 0.3) is 5.91 Å². The monoisotopic (exact) mass is 476 g/mol. The van der Waals surface area contributed by atoms with Gasteiger partial charge in [0.15, 0.2) is 0 Å². The van der Waals surface area contributed by atoms with Crippen molar-refractivity contribution in [3.8, 4) is 0 Å². The van der Waals surface area contributed by atoms with Crippen molar-refractivity contribution in [2.45, 2.75) is 19.4 Å². The van der Waals surface area contributed by atoms with Crippen LogP contribution in [0.1, 0.15) is 28.8 Å². The SMILES string of the molecule is CN(C)Cc1ccc(NC(=C2C(=O)Nc3cc(Cl)ccc32)c2ccnc(CCC(=O)O)c2)cc1. The highest BCUT2D eigenvalue weighted by Crippen LogP contribution is 2.38. The minimum absolute atomic E-state index is 0.0229. The summed E-state index contributed by atoms with van der Waals surface area (Å²) < 4.78 is 0. The Bertz CT molecular complexity index is 1270. The molecule has 0 fully saturated rings. The predicted octanol–water partition coefficient (Wildman–Crippen LogP) is 4.75. The van der Waals surface area contributed by atoms with Crippen LogP contribution in [0.2, 0.25) is 5.02 Å². The molecular weight excluding hydrogens is 452 g/mol. The van der Waals surface area contributed by atoms with Gasteiger partial charge in [-0.2, -0.15) is 0 Å². The number of hydrogen-bond donors (Lipinski definition) is 3. The highest BCUT2D eigenvalue weighted by molar-refractivity contribution is 6.38. The summed E-state index contributed by atoms with van der Waals surface area (Å²) in [5.41, 5.74) is 5.85. The van der Waals surface area contributed by atoms with Crippen molar-refractivity contribution in [2.24, 2.45) is 0 Å². The van der Waals surface area contributed by atoms with E-state index in [0.29, 0.717) is 34.1 Å². The van der Waals surface area contributed by atoms with Gasteiger partial charge in [0, 0.05) is 46.7 Å². The Morgan fingerprint density at radius 1 is 1.12 bits per heavy atom. The van der Waals surface area contributed by atoms with Crippen molar-refractivity contribution >= 4 is 46.1 Å². The van der Waals surface area contributed by atoms with E-state index in [2.05, 4.69) is 20.5 Å². The third kappa shape index (κ3) is 5.44. The number of nitrogens with zero attached hydrogens (tertiary/aromatic N) is 2. The molecule has 0 radical (unpaired) electrons. The number of carbonyl (C=O) groups excluding carboxylic acids is 1. The molecule has 2 aromatic carbocycles. The van der Waals surface area contributed by atoms with E-state index in [4.69, 9.17) is 16.7 Å². The molecule has 0 saturated heterocycles. The second-order valence-electron chi connectivity index (χ2n) is 8.38. The minimum atomic E-state index is -0.886. The number of rotatable bonds is 8. The molecule has 1 aliphatic heterocycles. The lowest BCUT2D eigenvalue weighted by Crippen LogP contribution is -2.11. The summed E-state index contributed by atoms with van der Waals surface area (Å²) in [4.78, 5) is 30.5. The average Bonchev–Trinajstić information content (AvgIpc) is 3.11. The number of benzene rings is 2. The second kappa shape index (κ2) is 10.1. The lowest BCUT2D eigenvalue weighted by molar-refractivity contribution is -0.137. The number of amides is 1. The first-order chi connectivity index (χ1) is 16.3. The van der Waals surface area contributed by atoms with Crippen LogP contribution in [-0.2, 0) is 22.6 Å². The molecule has 0 spiro atoms. The molecule has 3 N–H and O–H groups in total. The summed E-state index contributed by atoms with van der Waals surface area (Å²) in [5, 5.41) is 15.9. The number of carboxylic acid groups (broad SMARTS) is 1. The van der Waals surface area contributed by atoms with E-state index in [1.807, 2.05) is 50.5 Å². The van der Waals surface area contributed by atoms with Crippen LogP contribution >= 0.6 is 11.6 Å². The van der Waals surface area contributed by atoms with Gasteiger partial charge in [-0.15, -0.1) is 0 Å². The first-order valence-electron chi connectivity index (χ1n) is 10.8. The first-order valence-corrected chi connectivity index (χ1v) is 11.2. The molecule has 1 aliphatic rings. The Labute approximate surface area is 203 Å². The summed E-state index contributed by atoms with van der Waals surface area (Å²) >= 11 is 6.13. The van der Waals surface area contributed by atoms with Gasteiger partial charge >= 0.3 is 5.97 Å². The van der Waals surface area contributed by atoms with E-state index in [1.54, 1.807) is 24.4 Å². The first kappa shape index (κ1) is 23.5. The molecule has 7 nitrogen and oxygen atoms in total. The van der Waals surface area contributed by atoms with E-state index in [9.17, 15) is 9.59 Å². The quantitative estimate of drug-likeness (QED) is 0.406. The fraction of sp³-hybridized carbons (Fsp3) is 0.192. The smallest absolute Gasteiger partial charge is 0.303 e. The number of aliphatic carboxylic acids is 1. The number of nitrogens with one attached hydrogen (secondary N) is 2. The lowest BCUT2D eigenvalue weighted by atomic mass is 9.99. The number of anilines is 2. The van der Waals surface area contributed by atoms with Gasteiger partial charge in [-0.1, -0.05) is 29.8 Å². The number of halogens is 1. The lowest BCUT2D eigenvalue weighted by Gasteiger charge is -2.16. The van der Waals surface area contributed by atoms with Crippen LogP contribution in [0.15, 0.2) is 60.8 Å². The molecule has 2 heterocycles. The van der Waals surface area contributed by atoms with Crippen LogP contribution in [-0.4, -0.2) is 41.0 Å². The third-order valence-electron chi connectivity index (χ3n) is 5.40. The summed E-state index contributed by atoms with van der Waals surface area (Å²) in [6, 6.07) is 16.9. The Morgan fingerprint density at radius 2 is 1.88 bits per heavy atom. The number of hydrogen-bond acceptors (Lipinski definition) is 5. The standard InChI is InChI=1S/C26H25ClN4O3/c1-31(2)15-16-3-6-19(7-4-16)29-25(17-11-12-28-20(13-17)8-10-23(32)33)24-21-9-5-18(27)14-22(21)30-26(24)34/h3-7,9,11-14,29H,8,10,15H2,1-2H3,(H,30,34)(H,32,33). The van der Waals surface area contributed by atoms with Crippen molar-refractivity contribution in [2.75, 3.05) is 24.7 Å². The number of aromatic nitrogens is 1. The molecule has 0 aliphatic carbocycles. The summed E-state index contributed by atoms with van der Waals surface area (Å²) in [6.45, 7) is 0.821. The van der Waals surface area contributed by atoms with Crippen molar-refractivity contribution in [1.29, 1.82) is 0 Å². The summed E-state index contributed by atoms with van der Waals surface area (Å²) in [6.07, 6.45) is 1.90. The van der Waals surface area contributed by atoms with Gasteiger partial charge in [0.2, 0.25) is 0 Å². The maximum atomic E-state index is 13.1. The fourth-order valence-corrected chi connectivity index (χ4v) is 4.05. The molecule has 8 heteroatoms. The number of carbonyl (C=O) groups is 2. The van der Waals surface area contributed by atoms with E-state index < -0.39 is 5.97 Å². The maximum absolute atomic E-state index is 13.1. The van der Waals surface area contributed by atoms with Crippen LogP contribution in [0.3, 0.4) is 0 Å². The van der Waals surface area contributed by atoms with Gasteiger partial charge in [-0.3, -0.25) is 14.6 Å². The molecule has 3 aromatic rings. The molecular formula is C26H25ClN4O3. The topological polar surface area (TPSA) is 94.6 Å². The van der Waals surface area contributed by atoms with Gasteiger partial charge < -0.3 is 20.6 Å². The Hall–Kier alpha value is -3.68. The zero-order chi connectivity index (χ0) is 24.2. The molecule has 0 bridgehead atoms. The van der Waals surface area contributed by atoms with Gasteiger partial charge in [-0.05, 0) is 56.1 Å². The van der Waals surface area contributed by atoms with E-state index >= 15 is 0 Å². The highest BCUT2D eigenvalue weighted by atomic mass is 35.5. The van der Waals surface area contributed by atoms with E-state index in [1.165, 1.54) is 5.56 Å². The fourth-order valence-electron chi connectivity index (χ4n) is 3.88. The average molecular weight is 477 g/mol. The number of pyridine rings is 1. The van der Waals surface area contributed by atoms with Crippen molar-refractivity contribution < 1.29 is 14.7 Å². The van der Waals surface area contributed by atoms with Gasteiger partial charge in [0.1, 0.15) is 0 Å². The maximum Gasteiger partial charge on any atom is 0.303 e.